The normalized spacial score (nSPS) is 14.6. The summed E-state index contributed by atoms with van der Waals surface area (Å²) in [5.74, 6) is 0. The summed E-state index contributed by atoms with van der Waals surface area (Å²) in [4.78, 5) is 0. The van der Waals surface area contributed by atoms with E-state index in [-0.39, 0.29) is 0 Å². The molecule has 1 atom stereocenters. The van der Waals surface area contributed by atoms with Crippen molar-refractivity contribution in [2.75, 3.05) is 13.1 Å². The molecule has 4 heteroatoms. The molecule has 96 valence electrons. The summed E-state index contributed by atoms with van der Waals surface area (Å²) < 4.78 is 0.957. The van der Waals surface area contributed by atoms with E-state index in [4.69, 9.17) is 11.6 Å². The second kappa shape index (κ2) is 6.74. The van der Waals surface area contributed by atoms with E-state index in [1.807, 2.05) is 25.1 Å². The summed E-state index contributed by atoms with van der Waals surface area (Å²) in [6.45, 7) is 5.65. The lowest BCUT2D eigenvalue weighted by Gasteiger charge is -2.24. The summed E-state index contributed by atoms with van der Waals surface area (Å²) in [5.41, 5.74) is 0.260. The lowest BCUT2D eigenvalue weighted by Crippen LogP contribution is -2.32. The SMILES string of the molecule is CCNCCC(C)(O)Cc1ccc(Br)cc1Cl. The van der Waals surface area contributed by atoms with Crippen molar-refractivity contribution in [3.63, 3.8) is 0 Å². The van der Waals surface area contributed by atoms with Crippen molar-refractivity contribution in [1.29, 1.82) is 0 Å². The number of rotatable bonds is 6. The third kappa shape index (κ3) is 5.38. The third-order valence-corrected chi connectivity index (χ3v) is 3.52. The molecule has 2 nitrogen and oxygen atoms in total. The van der Waals surface area contributed by atoms with E-state index in [9.17, 15) is 5.11 Å². The molecule has 0 aromatic heterocycles. The van der Waals surface area contributed by atoms with Crippen molar-refractivity contribution in [2.24, 2.45) is 0 Å². The van der Waals surface area contributed by atoms with E-state index >= 15 is 0 Å². The monoisotopic (exact) mass is 319 g/mol. The van der Waals surface area contributed by atoms with E-state index in [2.05, 4.69) is 28.2 Å². The smallest absolute Gasteiger partial charge is 0.0672 e. The Bertz CT molecular complexity index is 368. The van der Waals surface area contributed by atoms with Crippen molar-refractivity contribution in [2.45, 2.75) is 32.3 Å². The van der Waals surface area contributed by atoms with E-state index in [1.165, 1.54) is 0 Å². The fraction of sp³-hybridized carbons (Fsp3) is 0.538. The second-order valence-corrected chi connectivity index (χ2v) is 5.84. The molecule has 0 heterocycles. The molecule has 0 aliphatic heterocycles. The van der Waals surface area contributed by atoms with E-state index < -0.39 is 5.60 Å². The average Bonchev–Trinajstić information content (AvgIpc) is 2.22. The van der Waals surface area contributed by atoms with E-state index in [0.717, 1.165) is 23.1 Å². The van der Waals surface area contributed by atoms with Gasteiger partial charge in [-0.05, 0) is 44.1 Å². The zero-order valence-corrected chi connectivity index (χ0v) is 12.6. The molecule has 1 unspecified atom stereocenters. The van der Waals surface area contributed by atoms with Gasteiger partial charge < -0.3 is 10.4 Å². The zero-order chi connectivity index (χ0) is 12.9. The molecule has 0 spiro atoms. The van der Waals surface area contributed by atoms with Gasteiger partial charge in [0.2, 0.25) is 0 Å². The number of hydrogen-bond acceptors (Lipinski definition) is 2. The van der Waals surface area contributed by atoms with Gasteiger partial charge in [-0.3, -0.25) is 0 Å². The molecule has 1 aromatic rings. The molecule has 0 amide bonds. The van der Waals surface area contributed by atoms with Crippen molar-refractivity contribution >= 4 is 27.5 Å². The van der Waals surface area contributed by atoms with Crippen LogP contribution in [0.1, 0.15) is 25.8 Å². The molecular weight excluding hydrogens is 302 g/mol. The number of benzene rings is 1. The molecule has 2 N–H and O–H groups in total. The van der Waals surface area contributed by atoms with Gasteiger partial charge >= 0.3 is 0 Å². The first-order chi connectivity index (χ1) is 7.94. The van der Waals surface area contributed by atoms with Crippen molar-refractivity contribution in [3.05, 3.63) is 33.3 Å². The van der Waals surface area contributed by atoms with Gasteiger partial charge in [-0.2, -0.15) is 0 Å². The van der Waals surface area contributed by atoms with Crippen LogP contribution in [-0.4, -0.2) is 23.8 Å². The highest BCUT2D eigenvalue weighted by molar-refractivity contribution is 9.10. The maximum atomic E-state index is 10.3. The first-order valence-corrected chi connectivity index (χ1v) is 6.99. The Morgan fingerprint density at radius 1 is 1.47 bits per heavy atom. The number of aliphatic hydroxyl groups is 1. The van der Waals surface area contributed by atoms with Gasteiger partial charge in [-0.1, -0.05) is 40.5 Å². The van der Waals surface area contributed by atoms with Crippen LogP contribution in [0.5, 0.6) is 0 Å². The second-order valence-electron chi connectivity index (χ2n) is 4.51. The number of nitrogens with one attached hydrogen (secondary N) is 1. The predicted molar refractivity (Wildman–Crippen MR) is 76.6 cm³/mol. The summed E-state index contributed by atoms with van der Waals surface area (Å²) in [7, 11) is 0. The van der Waals surface area contributed by atoms with Crippen LogP contribution in [0.3, 0.4) is 0 Å². The first kappa shape index (κ1) is 15.0. The first-order valence-electron chi connectivity index (χ1n) is 5.81. The molecule has 0 bridgehead atoms. The highest BCUT2D eigenvalue weighted by Gasteiger charge is 2.21. The minimum Gasteiger partial charge on any atom is -0.390 e. The molecular formula is C13H19BrClNO. The molecule has 1 rings (SSSR count). The van der Waals surface area contributed by atoms with Crippen LogP contribution in [-0.2, 0) is 6.42 Å². The molecule has 0 saturated heterocycles. The van der Waals surface area contributed by atoms with Gasteiger partial charge in [0.15, 0.2) is 0 Å². The van der Waals surface area contributed by atoms with Crippen LogP contribution in [0, 0.1) is 0 Å². The lowest BCUT2D eigenvalue weighted by atomic mass is 9.93. The van der Waals surface area contributed by atoms with Crippen LogP contribution in [0.4, 0.5) is 0 Å². The maximum absolute atomic E-state index is 10.3. The van der Waals surface area contributed by atoms with Crippen LogP contribution in [0.15, 0.2) is 22.7 Å². The molecule has 17 heavy (non-hydrogen) atoms. The fourth-order valence-corrected chi connectivity index (χ4v) is 2.44. The van der Waals surface area contributed by atoms with E-state index in [0.29, 0.717) is 17.9 Å². The Labute approximate surface area is 117 Å². The number of halogens is 2. The van der Waals surface area contributed by atoms with Crippen LogP contribution in [0.25, 0.3) is 0 Å². The van der Waals surface area contributed by atoms with Crippen molar-refractivity contribution < 1.29 is 5.11 Å². The van der Waals surface area contributed by atoms with Gasteiger partial charge in [0, 0.05) is 15.9 Å². The van der Waals surface area contributed by atoms with E-state index in [1.54, 1.807) is 0 Å². The molecule has 0 saturated carbocycles. The van der Waals surface area contributed by atoms with Gasteiger partial charge in [0.25, 0.3) is 0 Å². The molecule has 0 aliphatic rings. The summed E-state index contributed by atoms with van der Waals surface area (Å²) in [5, 5.41) is 14.2. The van der Waals surface area contributed by atoms with Crippen LogP contribution < -0.4 is 5.32 Å². The van der Waals surface area contributed by atoms with Crippen molar-refractivity contribution in [1.82, 2.24) is 5.32 Å². The largest absolute Gasteiger partial charge is 0.390 e. The van der Waals surface area contributed by atoms with Gasteiger partial charge in [0.05, 0.1) is 5.60 Å². The molecule has 0 aliphatic carbocycles. The Morgan fingerprint density at radius 3 is 2.76 bits per heavy atom. The summed E-state index contributed by atoms with van der Waals surface area (Å²) >= 11 is 9.51. The highest BCUT2D eigenvalue weighted by Crippen LogP contribution is 2.26. The minimum atomic E-state index is -0.723. The van der Waals surface area contributed by atoms with Crippen LogP contribution in [0.2, 0.25) is 5.02 Å². The summed E-state index contributed by atoms with van der Waals surface area (Å²) in [6, 6.07) is 5.76. The Balaban J connectivity index is 2.62. The number of hydrogen-bond donors (Lipinski definition) is 2. The summed E-state index contributed by atoms with van der Waals surface area (Å²) in [6.07, 6.45) is 1.29. The average molecular weight is 321 g/mol. The van der Waals surface area contributed by atoms with Gasteiger partial charge in [-0.25, -0.2) is 0 Å². The zero-order valence-electron chi connectivity index (χ0n) is 10.3. The molecule has 0 fully saturated rings. The van der Waals surface area contributed by atoms with Gasteiger partial charge in [0.1, 0.15) is 0 Å². The minimum absolute atomic E-state index is 0.574. The highest BCUT2D eigenvalue weighted by atomic mass is 79.9. The predicted octanol–water partition coefficient (Wildman–Crippen LogP) is 3.40. The Hall–Kier alpha value is -0.0900. The Kier molecular flexibility index (Phi) is 5.93. The standard InChI is InChI=1S/C13H19BrClNO/c1-3-16-7-6-13(2,17)9-10-4-5-11(14)8-12(10)15/h4-5,8,16-17H,3,6-7,9H2,1-2H3. The van der Waals surface area contributed by atoms with Crippen LogP contribution >= 0.6 is 27.5 Å². The van der Waals surface area contributed by atoms with Gasteiger partial charge in [-0.15, -0.1) is 0 Å². The maximum Gasteiger partial charge on any atom is 0.0672 e. The quantitative estimate of drug-likeness (QED) is 0.787. The fourth-order valence-electron chi connectivity index (χ4n) is 1.70. The van der Waals surface area contributed by atoms with Crippen molar-refractivity contribution in [3.8, 4) is 0 Å². The Morgan fingerprint density at radius 2 is 2.18 bits per heavy atom. The molecule has 1 aromatic carbocycles. The topological polar surface area (TPSA) is 32.3 Å². The lowest BCUT2D eigenvalue weighted by molar-refractivity contribution is 0.0517. The molecule has 0 radical (unpaired) electrons. The third-order valence-electron chi connectivity index (χ3n) is 2.68.